The van der Waals surface area contributed by atoms with E-state index in [0.717, 1.165) is 19.4 Å². The molecule has 0 spiro atoms. The van der Waals surface area contributed by atoms with Gasteiger partial charge in [-0.05, 0) is 36.5 Å². The Kier molecular flexibility index (Phi) is 10.6. The van der Waals surface area contributed by atoms with Crippen molar-refractivity contribution in [2.75, 3.05) is 13.7 Å². The third-order valence-electron chi connectivity index (χ3n) is 3.76. The summed E-state index contributed by atoms with van der Waals surface area (Å²) in [6.45, 7) is 10.9. The number of methoxy groups -OCH3 is 1. The molecular weight excluding hydrogens is 278 g/mol. The van der Waals surface area contributed by atoms with Crippen molar-refractivity contribution in [3.63, 3.8) is 0 Å². The number of carbonyl (C=O) groups excluding carboxylic acids is 2. The largest absolute Gasteiger partial charge is 0.469 e. The second-order valence-corrected chi connectivity index (χ2v) is 6.74. The summed E-state index contributed by atoms with van der Waals surface area (Å²) in [5, 5.41) is 2.86. The van der Waals surface area contributed by atoms with Gasteiger partial charge in [0, 0.05) is 19.9 Å². The molecule has 22 heavy (non-hydrogen) atoms. The third kappa shape index (κ3) is 11.4. The minimum atomic E-state index is -0.135. The SMILES string of the molecule is COC(=O)C[C@H](C)C[C@H](C)/C=C/[C@@H](C)C[C@@H](C)CNC(C)=O. The third-order valence-corrected chi connectivity index (χ3v) is 3.76. The van der Waals surface area contributed by atoms with Crippen LogP contribution < -0.4 is 5.32 Å². The predicted octanol–water partition coefficient (Wildman–Crippen LogP) is 3.57. The van der Waals surface area contributed by atoms with Crippen LogP contribution in [-0.2, 0) is 14.3 Å². The number of hydrogen-bond acceptors (Lipinski definition) is 3. The molecule has 0 aliphatic carbocycles. The minimum absolute atomic E-state index is 0.0308. The topological polar surface area (TPSA) is 55.4 Å². The van der Waals surface area contributed by atoms with Crippen LogP contribution in [0.25, 0.3) is 0 Å². The average molecular weight is 311 g/mol. The van der Waals surface area contributed by atoms with Crippen LogP contribution in [0, 0.1) is 23.7 Å². The summed E-state index contributed by atoms with van der Waals surface area (Å²) in [6, 6.07) is 0. The molecule has 0 bridgehead atoms. The highest BCUT2D eigenvalue weighted by Crippen LogP contribution is 2.19. The molecule has 1 N–H and O–H groups in total. The van der Waals surface area contributed by atoms with E-state index in [-0.39, 0.29) is 11.9 Å². The Morgan fingerprint density at radius 1 is 1.00 bits per heavy atom. The molecule has 0 aliphatic heterocycles. The van der Waals surface area contributed by atoms with Crippen LogP contribution in [0.5, 0.6) is 0 Å². The van der Waals surface area contributed by atoms with Crippen LogP contribution in [0.4, 0.5) is 0 Å². The Bertz CT molecular complexity index is 365. The molecule has 0 saturated heterocycles. The first kappa shape index (κ1) is 20.7. The maximum atomic E-state index is 11.2. The monoisotopic (exact) mass is 311 g/mol. The first-order valence-electron chi connectivity index (χ1n) is 8.24. The first-order chi connectivity index (χ1) is 10.2. The maximum Gasteiger partial charge on any atom is 0.305 e. The molecule has 0 aromatic heterocycles. The number of nitrogens with one attached hydrogen (secondary N) is 1. The Balaban J connectivity index is 4.06. The standard InChI is InChI=1S/C18H33NO3/c1-13(9-15(3)11-18(21)22-6)7-8-14(2)10-16(4)12-19-17(5)20/h7-8,13-16H,9-12H2,1-6H3,(H,19,20)/b8-7+/t13-,14-,15-,16-/m1/s1. The highest BCUT2D eigenvalue weighted by Gasteiger charge is 2.12. The lowest BCUT2D eigenvalue weighted by Gasteiger charge is -2.16. The fourth-order valence-electron chi connectivity index (χ4n) is 2.66. The van der Waals surface area contributed by atoms with Gasteiger partial charge in [0.2, 0.25) is 5.91 Å². The highest BCUT2D eigenvalue weighted by molar-refractivity contribution is 5.72. The smallest absolute Gasteiger partial charge is 0.305 e. The summed E-state index contributed by atoms with van der Waals surface area (Å²) >= 11 is 0. The van der Waals surface area contributed by atoms with Gasteiger partial charge >= 0.3 is 5.97 Å². The number of hydrogen-bond donors (Lipinski definition) is 1. The van der Waals surface area contributed by atoms with E-state index >= 15 is 0 Å². The van der Waals surface area contributed by atoms with Crippen LogP contribution in [0.3, 0.4) is 0 Å². The molecule has 4 heteroatoms. The predicted molar refractivity (Wildman–Crippen MR) is 90.3 cm³/mol. The van der Waals surface area contributed by atoms with Gasteiger partial charge in [0.25, 0.3) is 0 Å². The quantitative estimate of drug-likeness (QED) is 0.496. The van der Waals surface area contributed by atoms with Gasteiger partial charge < -0.3 is 10.1 Å². The molecule has 0 aromatic carbocycles. The van der Waals surface area contributed by atoms with Gasteiger partial charge in [-0.2, -0.15) is 0 Å². The van der Waals surface area contributed by atoms with Crippen LogP contribution in [0.1, 0.15) is 53.9 Å². The second-order valence-electron chi connectivity index (χ2n) is 6.74. The van der Waals surface area contributed by atoms with E-state index in [4.69, 9.17) is 4.74 Å². The van der Waals surface area contributed by atoms with Gasteiger partial charge in [0.05, 0.1) is 7.11 Å². The molecular formula is C18H33NO3. The van der Waals surface area contributed by atoms with Gasteiger partial charge in [-0.25, -0.2) is 0 Å². The van der Waals surface area contributed by atoms with Crippen molar-refractivity contribution in [3.8, 4) is 0 Å². The number of rotatable bonds is 10. The van der Waals surface area contributed by atoms with Gasteiger partial charge in [0.15, 0.2) is 0 Å². The van der Waals surface area contributed by atoms with E-state index in [1.165, 1.54) is 7.11 Å². The summed E-state index contributed by atoms with van der Waals surface area (Å²) < 4.78 is 4.70. The van der Waals surface area contributed by atoms with Crippen LogP contribution in [0.2, 0.25) is 0 Å². The van der Waals surface area contributed by atoms with E-state index < -0.39 is 0 Å². The van der Waals surface area contributed by atoms with Gasteiger partial charge in [0.1, 0.15) is 0 Å². The van der Waals surface area contributed by atoms with Crippen molar-refractivity contribution in [2.24, 2.45) is 23.7 Å². The van der Waals surface area contributed by atoms with Gasteiger partial charge in [-0.3, -0.25) is 9.59 Å². The second kappa shape index (κ2) is 11.3. The molecule has 4 atom stereocenters. The molecule has 0 fully saturated rings. The number of carbonyl (C=O) groups is 2. The molecule has 0 radical (unpaired) electrons. The summed E-state index contributed by atoms with van der Waals surface area (Å²) in [6.07, 6.45) is 7.02. The van der Waals surface area contributed by atoms with Crippen molar-refractivity contribution in [1.29, 1.82) is 0 Å². The van der Waals surface area contributed by atoms with E-state index in [1.54, 1.807) is 6.92 Å². The first-order valence-corrected chi connectivity index (χ1v) is 8.24. The maximum absolute atomic E-state index is 11.2. The minimum Gasteiger partial charge on any atom is -0.469 e. The average Bonchev–Trinajstić information content (AvgIpc) is 2.42. The lowest BCUT2D eigenvalue weighted by Crippen LogP contribution is -2.26. The van der Waals surface area contributed by atoms with E-state index in [0.29, 0.717) is 30.1 Å². The van der Waals surface area contributed by atoms with Crippen LogP contribution in [0.15, 0.2) is 12.2 Å². The zero-order valence-electron chi connectivity index (χ0n) is 15.0. The van der Waals surface area contributed by atoms with Crippen LogP contribution in [-0.4, -0.2) is 25.5 Å². The molecule has 0 unspecified atom stereocenters. The van der Waals surface area contributed by atoms with Crippen molar-refractivity contribution < 1.29 is 14.3 Å². The van der Waals surface area contributed by atoms with E-state index in [2.05, 4.69) is 45.2 Å². The normalized spacial score (nSPS) is 16.8. The molecule has 0 heterocycles. The summed E-state index contributed by atoms with van der Waals surface area (Å²) in [5.74, 6) is 1.64. The van der Waals surface area contributed by atoms with Gasteiger partial charge in [-0.1, -0.05) is 39.8 Å². The van der Waals surface area contributed by atoms with Crippen LogP contribution >= 0.6 is 0 Å². The molecule has 0 saturated carbocycles. The number of ether oxygens (including phenoxy) is 1. The van der Waals surface area contributed by atoms with E-state index in [1.807, 2.05) is 0 Å². The summed E-state index contributed by atoms with van der Waals surface area (Å²) in [7, 11) is 1.43. The lowest BCUT2D eigenvalue weighted by molar-refractivity contribution is -0.141. The molecule has 0 rings (SSSR count). The zero-order chi connectivity index (χ0) is 17.1. The Morgan fingerprint density at radius 3 is 1.95 bits per heavy atom. The van der Waals surface area contributed by atoms with Crippen molar-refractivity contribution in [3.05, 3.63) is 12.2 Å². The Labute approximate surface area is 135 Å². The summed E-state index contributed by atoms with van der Waals surface area (Å²) in [4.78, 5) is 22.1. The highest BCUT2D eigenvalue weighted by atomic mass is 16.5. The van der Waals surface area contributed by atoms with Crippen molar-refractivity contribution in [2.45, 2.75) is 53.9 Å². The van der Waals surface area contributed by atoms with E-state index in [9.17, 15) is 9.59 Å². The number of allylic oxidation sites excluding steroid dienone is 2. The molecule has 0 aliphatic rings. The fourth-order valence-corrected chi connectivity index (χ4v) is 2.66. The lowest BCUT2D eigenvalue weighted by atomic mass is 9.92. The van der Waals surface area contributed by atoms with Gasteiger partial charge in [-0.15, -0.1) is 0 Å². The molecule has 4 nitrogen and oxygen atoms in total. The zero-order valence-corrected chi connectivity index (χ0v) is 15.0. The number of amides is 1. The molecule has 1 amide bonds. The van der Waals surface area contributed by atoms with Crippen molar-refractivity contribution >= 4 is 11.9 Å². The number of esters is 1. The molecule has 128 valence electrons. The Hall–Kier alpha value is -1.32. The summed E-state index contributed by atoms with van der Waals surface area (Å²) in [5.41, 5.74) is 0. The van der Waals surface area contributed by atoms with Crippen molar-refractivity contribution in [1.82, 2.24) is 5.32 Å². The molecule has 0 aromatic rings. The fraction of sp³-hybridized carbons (Fsp3) is 0.778. The Morgan fingerprint density at radius 2 is 1.50 bits per heavy atom.